The molecule has 4 N–H and O–H groups in total. The van der Waals surface area contributed by atoms with Crippen LogP contribution in [0.5, 0.6) is 0 Å². The number of aromatic nitrogens is 2. The molecule has 0 atom stereocenters. The summed E-state index contributed by atoms with van der Waals surface area (Å²) in [5, 5.41) is 10.9. The average molecular weight is 357 g/mol. The van der Waals surface area contributed by atoms with Gasteiger partial charge in [0.2, 0.25) is 0 Å². The molecule has 0 saturated carbocycles. The minimum absolute atomic E-state index is 0.0135. The molecule has 25 heavy (non-hydrogen) atoms. The molecule has 0 saturated heterocycles. The molecule has 3 heterocycles. The lowest BCUT2D eigenvalue weighted by molar-refractivity contribution is 0.0991. The van der Waals surface area contributed by atoms with Crippen molar-refractivity contribution >= 4 is 29.0 Å². The van der Waals surface area contributed by atoms with E-state index in [4.69, 9.17) is 10.3 Å². The number of hydrogen-bond acceptors (Lipinski definition) is 6. The van der Waals surface area contributed by atoms with E-state index in [9.17, 15) is 9.59 Å². The van der Waals surface area contributed by atoms with E-state index in [0.717, 1.165) is 10.4 Å². The van der Waals surface area contributed by atoms with Crippen molar-refractivity contribution < 1.29 is 14.1 Å². The van der Waals surface area contributed by atoms with Gasteiger partial charge in [0, 0.05) is 28.1 Å². The first-order valence-corrected chi connectivity index (χ1v) is 8.21. The van der Waals surface area contributed by atoms with E-state index in [0.29, 0.717) is 17.1 Å². The van der Waals surface area contributed by atoms with Crippen LogP contribution in [0.1, 0.15) is 21.1 Å². The largest absolute Gasteiger partial charge is 0.364 e. The predicted octanol–water partition coefficient (Wildman–Crippen LogP) is 2.53. The number of hydrogen-bond donors (Lipinski definition) is 3. The molecule has 0 aromatic carbocycles. The van der Waals surface area contributed by atoms with E-state index in [1.54, 1.807) is 29.7 Å². The van der Waals surface area contributed by atoms with Crippen LogP contribution in [0.4, 0.5) is 10.5 Å². The zero-order chi connectivity index (χ0) is 17.8. The summed E-state index contributed by atoms with van der Waals surface area (Å²) in [4.78, 5) is 28.6. The van der Waals surface area contributed by atoms with Crippen LogP contribution in [0.2, 0.25) is 0 Å². The lowest BCUT2D eigenvalue weighted by Crippen LogP contribution is -2.28. The lowest BCUT2D eigenvalue weighted by atomic mass is 10.2. The molecule has 0 unspecified atom stereocenters. The standard InChI is InChI=1S/C16H15N5O3S/c1-9-5-10(8-25-9)14-12(3-2-4-18-14)20-16(23)19-7-11-6-13(15(17)22)21-24-11/h2-6,8H,7H2,1H3,(H2,17,22)(H2,19,20,23). The molecule has 0 aliphatic carbocycles. The molecule has 9 heteroatoms. The van der Waals surface area contributed by atoms with E-state index in [2.05, 4.69) is 20.8 Å². The smallest absolute Gasteiger partial charge is 0.319 e. The third-order valence-corrected chi connectivity index (χ3v) is 4.16. The Hall–Kier alpha value is -3.20. The van der Waals surface area contributed by atoms with E-state index < -0.39 is 11.9 Å². The van der Waals surface area contributed by atoms with Crippen molar-refractivity contribution in [2.75, 3.05) is 5.32 Å². The van der Waals surface area contributed by atoms with Gasteiger partial charge >= 0.3 is 6.03 Å². The predicted molar refractivity (Wildman–Crippen MR) is 93.2 cm³/mol. The Labute approximate surface area is 147 Å². The minimum Gasteiger partial charge on any atom is -0.364 e. The van der Waals surface area contributed by atoms with Gasteiger partial charge in [-0.1, -0.05) is 5.16 Å². The van der Waals surface area contributed by atoms with E-state index in [-0.39, 0.29) is 12.2 Å². The number of thiophene rings is 1. The van der Waals surface area contributed by atoms with Gasteiger partial charge in [-0.3, -0.25) is 9.78 Å². The highest BCUT2D eigenvalue weighted by molar-refractivity contribution is 7.10. The van der Waals surface area contributed by atoms with Crippen molar-refractivity contribution in [2.24, 2.45) is 5.73 Å². The van der Waals surface area contributed by atoms with Gasteiger partial charge in [0.1, 0.15) is 0 Å². The highest BCUT2D eigenvalue weighted by Crippen LogP contribution is 2.29. The summed E-state index contributed by atoms with van der Waals surface area (Å²) < 4.78 is 4.92. The summed E-state index contributed by atoms with van der Waals surface area (Å²) in [5.41, 5.74) is 7.33. The zero-order valence-electron chi connectivity index (χ0n) is 13.3. The number of amides is 3. The molecule has 0 radical (unpaired) electrons. The number of rotatable bonds is 5. The number of carbonyl (C=O) groups excluding carboxylic acids is 2. The number of pyridine rings is 1. The van der Waals surface area contributed by atoms with Gasteiger partial charge in [-0.25, -0.2) is 4.79 Å². The molecular formula is C16H15N5O3S. The van der Waals surface area contributed by atoms with Crippen LogP contribution in [0, 0.1) is 6.92 Å². The van der Waals surface area contributed by atoms with Gasteiger partial charge in [0.25, 0.3) is 5.91 Å². The normalized spacial score (nSPS) is 10.4. The molecular weight excluding hydrogens is 342 g/mol. The van der Waals surface area contributed by atoms with Crippen molar-refractivity contribution in [1.29, 1.82) is 0 Å². The number of nitrogens with one attached hydrogen (secondary N) is 2. The maximum absolute atomic E-state index is 12.1. The average Bonchev–Trinajstić information content (AvgIpc) is 3.22. The van der Waals surface area contributed by atoms with Crippen molar-refractivity contribution in [3.63, 3.8) is 0 Å². The molecule has 0 bridgehead atoms. The number of anilines is 1. The Balaban J connectivity index is 1.66. The van der Waals surface area contributed by atoms with Gasteiger partial charge in [-0.05, 0) is 25.1 Å². The molecule has 3 amide bonds. The summed E-state index contributed by atoms with van der Waals surface area (Å²) >= 11 is 1.61. The Morgan fingerprint density at radius 1 is 1.36 bits per heavy atom. The molecule has 0 aliphatic rings. The first-order chi connectivity index (χ1) is 12.0. The number of carbonyl (C=O) groups is 2. The minimum atomic E-state index is -0.689. The molecule has 128 valence electrons. The number of nitrogens with two attached hydrogens (primary N) is 1. The maximum atomic E-state index is 12.1. The summed E-state index contributed by atoms with van der Waals surface area (Å²) in [6, 6.07) is 6.48. The van der Waals surface area contributed by atoms with Crippen LogP contribution in [-0.2, 0) is 6.54 Å². The summed E-state index contributed by atoms with van der Waals surface area (Å²) in [6.07, 6.45) is 1.67. The van der Waals surface area contributed by atoms with E-state index in [1.165, 1.54) is 6.07 Å². The monoisotopic (exact) mass is 357 g/mol. The van der Waals surface area contributed by atoms with Crippen LogP contribution >= 0.6 is 11.3 Å². The number of urea groups is 1. The molecule has 0 spiro atoms. The van der Waals surface area contributed by atoms with Gasteiger partial charge in [-0.2, -0.15) is 0 Å². The van der Waals surface area contributed by atoms with Crippen molar-refractivity contribution in [1.82, 2.24) is 15.5 Å². The Morgan fingerprint density at radius 3 is 2.88 bits per heavy atom. The fraction of sp³-hybridized carbons (Fsp3) is 0.125. The van der Waals surface area contributed by atoms with Gasteiger partial charge in [0.05, 0.1) is 17.9 Å². The highest BCUT2D eigenvalue weighted by atomic mass is 32.1. The van der Waals surface area contributed by atoms with Crippen LogP contribution in [0.15, 0.2) is 40.4 Å². The SMILES string of the molecule is Cc1cc(-c2ncccc2NC(=O)NCc2cc(C(N)=O)no2)cs1. The molecule has 0 fully saturated rings. The molecule has 3 aromatic heterocycles. The third kappa shape index (κ3) is 4.01. The van der Waals surface area contributed by atoms with Crippen molar-refractivity contribution in [3.8, 4) is 11.3 Å². The van der Waals surface area contributed by atoms with E-state index >= 15 is 0 Å². The molecule has 3 aromatic rings. The zero-order valence-corrected chi connectivity index (χ0v) is 14.1. The summed E-state index contributed by atoms with van der Waals surface area (Å²) in [6.45, 7) is 2.08. The first kappa shape index (κ1) is 16.7. The first-order valence-electron chi connectivity index (χ1n) is 7.33. The molecule has 0 aliphatic heterocycles. The van der Waals surface area contributed by atoms with Crippen LogP contribution in [0.25, 0.3) is 11.3 Å². The van der Waals surface area contributed by atoms with Crippen LogP contribution in [-0.4, -0.2) is 22.1 Å². The maximum Gasteiger partial charge on any atom is 0.319 e. The fourth-order valence-electron chi connectivity index (χ4n) is 2.15. The highest BCUT2D eigenvalue weighted by Gasteiger charge is 2.12. The van der Waals surface area contributed by atoms with Gasteiger partial charge in [0.15, 0.2) is 11.5 Å². The Bertz CT molecular complexity index is 918. The summed E-state index contributed by atoms with van der Waals surface area (Å²) in [7, 11) is 0. The fourth-order valence-corrected chi connectivity index (χ4v) is 2.84. The van der Waals surface area contributed by atoms with Crippen molar-refractivity contribution in [2.45, 2.75) is 13.5 Å². The van der Waals surface area contributed by atoms with Crippen LogP contribution < -0.4 is 16.4 Å². The second-order valence-electron chi connectivity index (χ2n) is 5.20. The number of nitrogens with zero attached hydrogens (tertiary/aromatic N) is 2. The molecule has 3 rings (SSSR count). The lowest BCUT2D eigenvalue weighted by Gasteiger charge is -2.09. The van der Waals surface area contributed by atoms with E-state index in [1.807, 2.05) is 18.4 Å². The van der Waals surface area contributed by atoms with Crippen LogP contribution in [0.3, 0.4) is 0 Å². The van der Waals surface area contributed by atoms with Gasteiger partial charge < -0.3 is 20.9 Å². The number of primary amides is 1. The number of aryl methyl sites for hydroxylation is 1. The Kier molecular flexibility index (Phi) is 4.75. The third-order valence-electron chi connectivity index (χ3n) is 3.29. The molecule has 8 nitrogen and oxygen atoms in total. The van der Waals surface area contributed by atoms with Gasteiger partial charge in [-0.15, -0.1) is 11.3 Å². The van der Waals surface area contributed by atoms with Crippen molar-refractivity contribution in [3.05, 3.63) is 52.2 Å². The second kappa shape index (κ2) is 7.14. The summed E-state index contributed by atoms with van der Waals surface area (Å²) in [5.74, 6) is -0.366. The Morgan fingerprint density at radius 2 is 2.20 bits per heavy atom. The topological polar surface area (TPSA) is 123 Å². The second-order valence-corrected chi connectivity index (χ2v) is 6.31. The quantitative estimate of drug-likeness (QED) is 0.647.